The lowest BCUT2D eigenvalue weighted by atomic mass is 10.2. The average molecular weight is 328 g/mol. The number of hydrogen-bond donors (Lipinski definition) is 1. The number of carbonyl (C=O) groups is 1. The molecule has 0 atom stereocenters. The van der Waals surface area contributed by atoms with Crippen molar-refractivity contribution < 1.29 is 4.79 Å². The molecule has 0 aliphatic rings. The van der Waals surface area contributed by atoms with Gasteiger partial charge >= 0.3 is 0 Å². The molecule has 8 heteroatoms. The minimum atomic E-state index is -0.198. The Kier molecular flexibility index (Phi) is 5.46. The summed E-state index contributed by atoms with van der Waals surface area (Å²) in [6, 6.07) is 0. The Morgan fingerprint density at radius 3 is 2.95 bits per heavy atom. The Hall–Kier alpha value is -1.28. The second-order valence-corrected chi connectivity index (χ2v) is 6.21. The van der Waals surface area contributed by atoms with Gasteiger partial charge in [0, 0.05) is 18.3 Å². The van der Waals surface area contributed by atoms with Crippen LogP contribution < -0.4 is 5.73 Å². The third-order valence-corrected chi connectivity index (χ3v) is 4.10. The largest absolute Gasteiger partial charge is 0.330 e. The van der Waals surface area contributed by atoms with Crippen LogP contribution in [0.1, 0.15) is 21.2 Å². The van der Waals surface area contributed by atoms with E-state index in [4.69, 9.17) is 17.3 Å². The molecule has 2 aromatic heterocycles. The molecule has 0 fully saturated rings. The molecule has 0 aromatic carbocycles. The van der Waals surface area contributed by atoms with Crippen molar-refractivity contribution in [2.45, 2.75) is 13.0 Å². The molecule has 0 unspecified atom stereocenters. The first kappa shape index (κ1) is 16.1. The van der Waals surface area contributed by atoms with Gasteiger partial charge in [-0.3, -0.25) is 9.48 Å². The van der Waals surface area contributed by atoms with Crippen molar-refractivity contribution in [2.75, 3.05) is 27.2 Å². The van der Waals surface area contributed by atoms with E-state index in [9.17, 15) is 4.79 Å². The van der Waals surface area contributed by atoms with E-state index in [2.05, 4.69) is 10.1 Å². The van der Waals surface area contributed by atoms with Gasteiger partial charge in [-0.2, -0.15) is 5.10 Å². The molecule has 0 spiro atoms. The van der Waals surface area contributed by atoms with Crippen molar-refractivity contribution >= 4 is 28.7 Å². The zero-order chi connectivity index (χ0) is 15.4. The minimum Gasteiger partial charge on any atom is -0.330 e. The summed E-state index contributed by atoms with van der Waals surface area (Å²) in [6.45, 7) is 1.89. The van der Waals surface area contributed by atoms with Crippen LogP contribution in [-0.2, 0) is 13.0 Å². The fraction of sp³-hybridized carbons (Fsp3) is 0.462. The molecule has 114 valence electrons. The predicted octanol–water partition coefficient (Wildman–Crippen LogP) is 1.29. The molecule has 0 saturated carbocycles. The summed E-state index contributed by atoms with van der Waals surface area (Å²) in [5, 5.41) is 7.12. The van der Waals surface area contributed by atoms with Crippen LogP contribution in [0.3, 0.4) is 0 Å². The topological polar surface area (TPSA) is 77.0 Å². The number of ketones is 1. The van der Waals surface area contributed by atoms with E-state index in [1.54, 1.807) is 10.1 Å². The Morgan fingerprint density at radius 1 is 1.52 bits per heavy atom. The van der Waals surface area contributed by atoms with Gasteiger partial charge < -0.3 is 10.6 Å². The Labute approximate surface area is 132 Å². The van der Waals surface area contributed by atoms with Crippen LogP contribution in [-0.4, -0.2) is 52.6 Å². The number of thiazole rings is 1. The maximum absolute atomic E-state index is 12.6. The molecular formula is C13H18ClN5OS. The lowest BCUT2D eigenvalue weighted by Crippen LogP contribution is -2.22. The highest BCUT2D eigenvalue weighted by Gasteiger charge is 2.21. The van der Waals surface area contributed by atoms with E-state index in [-0.39, 0.29) is 5.78 Å². The molecule has 6 nitrogen and oxygen atoms in total. The zero-order valence-electron chi connectivity index (χ0n) is 12.0. The fourth-order valence-electron chi connectivity index (χ4n) is 1.83. The highest BCUT2D eigenvalue weighted by Crippen LogP contribution is 2.20. The Balaban J connectivity index is 2.23. The second kappa shape index (κ2) is 7.13. The number of nitrogens with zero attached hydrogens (tertiary/aromatic N) is 4. The lowest BCUT2D eigenvalue weighted by Gasteiger charge is -2.11. The number of nitrogens with two attached hydrogens (primary N) is 1. The van der Waals surface area contributed by atoms with E-state index in [0.29, 0.717) is 35.9 Å². The van der Waals surface area contributed by atoms with E-state index in [1.165, 1.54) is 17.5 Å². The first-order valence-corrected chi connectivity index (χ1v) is 7.84. The summed E-state index contributed by atoms with van der Waals surface area (Å²) in [5.41, 5.74) is 6.29. The lowest BCUT2D eigenvalue weighted by molar-refractivity contribution is 0.102. The molecule has 2 rings (SSSR count). The average Bonchev–Trinajstić information content (AvgIpc) is 3.03. The molecule has 0 aliphatic heterocycles. The van der Waals surface area contributed by atoms with Crippen molar-refractivity contribution in [3.05, 3.63) is 33.0 Å². The van der Waals surface area contributed by atoms with Gasteiger partial charge in [0.1, 0.15) is 11.4 Å². The van der Waals surface area contributed by atoms with Crippen molar-refractivity contribution in [2.24, 2.45) is 5.73 Å². The third kappa shape index (κ3) is 3.88. The van der Waals surface area contributed by atoms with Crippen LogP contribution in [0.2, 0.25) is 5.02 Å². The summed E-state index contributed by atoms with van der Waals surface area (Å²) >= 11 is 7.55. The molecule has 0 amide bonds. The van der Waals surface area contributed by atoms with E-state index < -0.39 is 0 Å². The monoisotopic (exact) mass is 327 g/mol. The number of rotatable bonds is 7. The van der Waals surface area contributed by atoms with Crippen molar-refractivity contribution in [1.29, 1.82) is 0 Å². The highest BCUT2D eigenvalue weighted by molar-refractivity contribution is 7.09. The first-order valence-electron chi connectivity index (χ1n) is 6.58. The molecule has 2 heterocycles. The van der Waals surface area contributed by atoms with Crippen molar-refractivity contribution in [1.82, 2.24) is 19.7 Å². The van der Waals surface area contributed by atoms with E-state index >= 15 is 0 Å². The molecule has 0 radical (unpaired) electrons. The summed E-state index contributed by atoms with van der Waals surface area (Å²) in [6.07, 6.45) is 2.17. The fourth-order valence-corrected chi connectivity index (χ4v) is 2.85. The number of halogens is 1. The van der Waals surface area contributed by atoms with Crippen LogP contribution in [0.4, 0.5) is 0 Å². The summed E-state index contributed by atoms with van der Waals surface area (Å²) < 4.78 is 1.63. The molecule has 0 bridgehead atoms. The quantitative estimate of drug-likeness (QED) is 0.775. The summed E-state index contributed by atoms with van der Waals surface area (Å²) in [5.74, 6) is -0.198. The maximum atomic E-state index is 12.6. The molecule has 0 aliphatic carbocycles. The van der Waals surface area contributed by atoms with Gasteiger partial charge in [-0.15, -0.1) is 11.3 Å². The normalized spacial score (nSPS) is 11.3. The van der Waals surface area contributed by atoms with Gasteiger partial charge in [0.15, 0.2) is 0 Å². The smallest absolute Gasteiger partial charge is 0.231 e. The van der Waals surface area contributed by atoms with E-state index in [1.807, 2.05) is 19.0 Å². The SMILES string of the molecule is CN(C)CCn1ncc(Cl)c1C(=O)c1csc(CCN)n1. The van der Waals surface area contributed by atoms with Gasteiger partial charge in [0.05, 0.1) is 22.8 Å². The summed E-state index contributed by atoms with van der Waals surface area (Å²) in [7, 11) is 3.93. The van der Waals surface area contributed by atoms with E-state index in [0.717, 1.165) is 11.6 Å². The number of carbonyl (C=O) groups excluding carboxylic acids is 1. The van der Waals surface area contributed by atoms with Crippen molar-refractivity contribution in [3.8, 4) is 0 Å². The molecule has 0 saturated heterocycles. The highest BCUT2D eigenvalue weighted by atomic mass is 35.5. The van der Waals surface area contributed by atoms with Crippen LogP contribution in [0.25, 0.3) is 0 Å². The van der Waals surface area contributed by atoms with Crippen LogP contribution in [0.5, 0.6) is 0 Å². The predicted molar refractivity (Wildman–Crippen MR) is 84.1 cm³/mol. The zero-order valence-corrected chi connectivity index (χ0v) is 13.6. The van der Waals surface area contributed by atoms with Gasteiger partial charge in [0.2, 0.25) is 5.78 Å². The Bertz CT molecular complexity index is 622. The third-order valence-electron chi connectivity index (χ3n) is 2.91. The number of aromatic nitrogens is 3. The molecule has 2 N–H and O–H groups in total. The maximum Gasteiger partial charge on any atom is 0.231 e. The number of likely N-dealkylation sites (N-methyl/N-ethyl adjacent to an activating group) is 1. The molecule has 2 aromatic rings. The van der Waals surface area contributed by atoms with Crippen LogP contribution in [0.15, 0.2) is 11.6 Å². The molecular weight excluding hydrogens is 310 g/mol. The first-order chi connectivity index (χ1) is 10.0. The standard InChI is InChI=1S/C13H18ClN5OS/c1-18(2)5-6-19-12(9(14)7-16-19)13(20)10-8-21-11(17-10)3-4-15/h7-8H,3-6,15H2,1-2H3. The van der Waals surface area contributed by atoms with Crippen LogP contribution in [0, 0.1) is 0 Å². The van der Waals surface area contributed by atoms with Gasteiger partial charge in [-0.05, 0) is 20.6 Å². The summed E-state index contributed by atoms with van der Waals surface area (Å²) in [4.78, 5) is 18.9. The van der Waals surface area contributed by atoms with Crippen LogP contribution >= 0.6 is 22.9 Å². The minimum absolute atomic E-state index is 0.198. The van der Waals surface area contributed by atoms with Gasteiger partial charge in [-0.25, -0.2) is 4.98 Å². The van der Waals surface area contributed by atoms with Crippen molar-refractivity contribution in [3.63, 3.8) is 0 Å². The number of hydrogen-bond acceptors (Lipinski definition) is 6. The second-order valence-electron chi connectivity index (χ2n) is 4.86. The molecule has 21 heavy (non-hydrogen) atoms. The van der Waals surface area contributed by atoms with Gasteiger partial charge in [0.25, 0.3) is 0 Å². The Morgan fingerprint density at radius 2 is 2.29 bits per heavy atom. The van der Waals surface area contributed by atoms with Gasteiger partial charge in [-0.1, -0.05) is 11.6 Å².